The van der Waals surface area contributed by atoms with E-state index in [1.165, 1.54) is 11.0 Å². The minimum absolute atomic E-state index is 0.267. The van der Waals surface area contributed by atoms with Crippen LogP contribution < -0.4 is 0 Å². The third-order valence-corrected chi connectivity index (χ3v) is 1.53. The highest BCUT2D eigenvalue weighted by atomic mass is 19.3. The van der Waals surface area contributed by atoms with Crippen LogP contribution in [0.4, 0.5) is 8.78 Å². The van der Waals surface area contributed by atoms with Crippen molar-refractivity contribution in [2.75, 3.05) is 19.6 Å². The molecule has 1 rings (SSSR count). The van der Waals surface area contributed by atoms with Gasteiger partial charge in [0.1, 0.15) is 0 Å². The molecule has 0 saturated carbocycles. The van der Waals surface area contributed by atoms with Crippen molar-refractivity contribution in [3.63, 3.8) is 0 Å². The van der Waals surface area contributed by atoms with Gasteiger partial charge in [0.05, 0.1) is 13.1 Å². The zero-order chi connectivity index (χ0) is 9.19. The number of hydrogen-bond donors (Lipinski definition) is 1. The van der Waals surface area contributed by atoms with Crippen molar-refractivity contribution in [3.8, 4) is 0 Å². The van der Waals surface area contributed by atoms with Gasteiger partial charge in [-0.25, -0.2) is 13.6 Å². The van der Waals surface area contributed by atoms with Crippen molar-refractivity contribution >= 4 is 5.97 Å². The van der Waals surface area contributed by atoms with E-state index in [2.05, 4.69) is 0 Å². The lowest BCUT2D eigenvalue weighted by Crippen LogP contribution is -2.55. The molecule has 0 aromatic carbocycles. The monoisotopic (exact) mass is 177 g/mol. The minimum atomic E-state index is -2.57. The number of carboxylic acids is 1. The van der Waals surface area contributed by atoms with Crippen molar-refractivity contribution in [1.82, 2.24) is 4.90 Å². The van der Waals surface area contributed by atoms with E-state index in [-0.39, 0.29) is 19.6 Å². The molecule has 0 aliphatic carbocycles. The van der Waals surface area contributed by atoms with E-state index in [1.54, 1.807) is 0 Å². The standard InChI is InChI=1S/C7H9F2NO2/c8-7(9)4-10(5-7)3-1-2-6(11)12/h1-2H,3-5H2,(H,11,12). The summed E-state index contributed by atoms with van der Waals surface area (Å²) < 4.78 is 24.4. The van der Waals surface area contributed by atoms with Gasteiger partial charge in [-0.3, -0.25) is 4.90 Å². The van der Waals surface area contributed by atoms with Crippen LogP contribution in [0.5, 0.6) is 0 Å². The number of rotatable bonds is 3. The fraction of sp³-hybridized carbons (Fsp3) is 0.571. The normalized spacial score (nSPS) is 22.5. The van der Waals surface area contributed by atoms with E-state index in [0.717, 1.165) is 6.08 Å². The first-order chi connectivity index (χ1) is 5.49. The summed E-state index contributed by atoms with van der Waals surface area (Å²) in [7, 11) is 0. The molecule has 1 aliphatic rings. The average molecular weight is 177 g/mol. The van der Waals surface area contributed by atoms with E-state index in [0.29, 0.717) is 0 Å². The Hall–Kier alpha value is -0.970. The smallest absolute Gasteiger partial charge is 0.328 e. The topological polar surface area (TPSA) is 40.5 Å². The second kappa shape index (κ2) is 3.18. The lowest BCUT2D eigenvalue weighted by atomic mass is 10.1. The number of likely N-dealkylation sites (tertiary alicyclic amines) is 1. The third-order valence-electron chi connectivity index (χ3n) is 1.53. The Morgan fingerprint density at radius 1 is 1.58 bits per heavy atom. The van der Waals surface area contributed by atoms with Gasteiger partial charge in [0.2, 0.25) is 0 Å². The molecule has 0 atom stereocenters. The van der Waals surface area contributed by atoms with Crippen molar-refractivity contribution < 1.29 is 18.7 Å². The molecule has 1 heterocycles. The highest BCUT2D eigenvalue weighted by Gasteiger charge is 2.42. The summed E-state index contributed by atoms with van der Waals surface area (Å²) in [4.78, 5) is 11.4. The first-order valence-electron chi connectivity index (χ1n) is 3.49. The zero-order valence-electron chi connectivity index (χ0n) is 6.33. The molecule has 1 N–H and O–H groups in total. The van der Waals surface area contributed by atoms with Crippen molar-refractivity contribution in [2.45, 2.75) is 5.92 Å². The summed E-state index contributed by atoms with van der Waals surface area (Å²) in [5.74, 6) is -3.63. The molecule has 1 aliphatic heterocycles. The summed E-state index contributed by atoms with van der Waals surface area (Å²) in [6.45, 7) is -0.254. The van der Waals surface area contributed by atoms with Gasteiger partial charge < -0.3 is 5.11 Å². The highest BCUT2D eigenvalue weighted by molar-refractivity contribution is 5.79. The highest BCUT2D eigenvalue weighted by Crippen LogP contribution is 2.25. The maximum Gasteiger partial charge on any atom is 0.328 e. The summed E-state index contributed by atoms with van der Waals surface area (Å²) in [5.41, 5.74) is 0. The predicted octanol–water partition coefficient (Wildman–Crippen LogP) is 0.578. The summed E-state index contributed by atoms with van der Waals surface area (Å²) in [6.07, 6.45) is 2.31. The van der Waals surface area contributed by atoms with Gasteiger partial charge in [-0.2, -0.15) is 0 Å². The molecule has 0 spiro atoms. The first kappa shape index (κ1) is 9.12. The second-order valence-corrected chi connectivity index (χ2v) is 2.77. The van der Waals surface area contributed by atoms with Gasteiger partial charge in [-0.15, -0.1) is 0 Å². The van der Waals surface area contributed by atoms with Crippen LogP contribution in [0.1, 0.15) is 0 Å². The lowest BCUT2D eigenvalue weighted by molar-refractivity contribution is -0.131. The van der Waals surface area contributed by atoms with Crippen LogP contribution in [0, 0.1) is 0 Å². The van der Waals surface area contributed by atoms with Crippen LogP contribution in [-0.4, -0.2) is 41.5 Å². The molecule has 1 saturated heterocycles. The number of carbonyl (C=O) groups is 1. The van der Waals surface area contributed by atoms with Gasteiger partial charge in [-0.1, -0.05) is 6.08 Å². The maximum absolute atomic E-state index is 12.2. The molecule has 0 aromatic rings. The quantitative estimate of drug-likeness (QED) is 0.641. The van der Waals surface area contributed by atoms with E-state index >= 15 is 0 Å². The molecule has 0 aromatic heterocycles. The van der Waals surface area contributed by atoms with E-state index < -0.39 is 11.9 Å². The lowest BCUT2D eigenvalue weighted by Gasteiger charge is -2.37. The number of halogens is 2. The Morgan fingerprint density at radius 3 is 2.58 bits per heavy atom. The third kappa shape index (κ3) is 2.58. The van der Waals surface area contributed by atoms with Crippen LogP contribution in [0.2, 0.25) is 0 Å². The molecule has 0 radical (unpaired) electrons. The molecule has 3 nitrogen and oxygen atoms in total. The largest absolute Gasteiger partial charge is 0.478 e. The Labute approximate surface area is 68.3 Å². The minimum Gasteiger partial charge on any atom is -0.478 e. The fourth-order valence-corrected chi connectivity index (χ4v) is 1.04. The Morgan fingerprint density at radius 2 is 2.17 bits per heavy atom. The molecule has 0 amide bonds. The SMILES string of the molecule is O=C(O)C=CCN1CC(F)(F)C1. The molecular formula is C7H9F2NO2. The fourth-order valence-electron chi connectivity index (χ4n) is 1.04. The van der Waals surface area contributed by atoms with Crippen LogP contribution in [0.15, 0.2) is 12.2 Å². The Kier molecular flexibility index (Phi) is 2.42. The number of hydrogen-bond acceptors (Lipinski definition) is 2. The molecule has 5 heteroatoms. The molecule has 12 heavy (non-hydrogen) atoms. The van der Waals surface area contributed by atoms with Crippen molar-refractivity contribution in [3.05, 3.63) is 12.2 Å². The van der Waals surface area contributed by atoms with Crippen LogP contribution >= 0.6 is 0 Å². The molecule has 68 valence electrons. The van der Waals surface area contributed by atoms with Gasteiger partial charge in [0, 0.05) is 12.6 Å². The van der Waals surface area contributed by atoms with Crippen molar-refractivity contribution in [2.24, 2.45) is 0 Å². The Bertz CT molecular complexity index is 207. The van der Waals surface area contributed by atoms with Crippen molar-refractivity contribution in [1.29, 1.82) is 0 Å². The maximum atomic E-state index is 12.2. The van der Waals surface area contributed by atoms with Gasteiger partial charge in [-0.05, 0) is 0 Å². The number of nitrogens with zero attached hydrogens (tertiary/aromatic N) is 1. The summed E-state index contributed by atoms with van der Waals surface area (Å²) >= 11 is 0. The van der Waals surface area contributed by atoms with Gasteiger partial charge in [0.15, 0.2) is 0 Å². The van der Waals surface area contributed by atoms with Crippen LogP contribution in [0.25, 0.3) is 0 Å². The average Bonchev–Trinajstić information content (AvgIpc) is 1.82. The second-order valence-electron chi connectivity index (χ2n) is 2.77. The number of alkyl halides is 2. The first-order valence-corrected chi connectivity index (χ1v) is 3.49. The van der Waals surface area contributed by atoms with Crippen LogP contribution in [0.3, 0.4) is 0 Å². The Balaban J connectivity index is 2.16. The summed E-state index contributed by atoms with van der Waals surface area (Å²) in [5, 5.41) is 8.17. The summed E-state index contributed by atoms with van der Waals surface area (Å²) in [6, 6.07) is 0. The number of aliphatic carboxylic acids is 1. The predicted molar refractivity (Wildman–Crippen MR) is 38.2 cm³/mol. The van der Waals surface area contributed by atoms with Gasteiger partial charge in [0.25, 0.3) is 5.92 Å². The number of carboxylic acid groups (broad SMARTS) is 1. The van der Waals surface area contributed by atoms with Gasteiger partial charge >= 0.3 is 5.97 Å². The van der Waals surface area contributed by atoms with E-state index in [1.807, 2.05) is 0 Å². The van der Waals surface area contributed by atoms with E-state index in [4.69, 9.17) is 5.11 Å². The molecule has 1 fully saturated rings. The van der Waals surface area contributed by atoms with Crippen LogP contribution in [-0.2, 0) is 4.79 Å². The molecular weight excluding hydrogens is 168 g/mol. The van der Waals surface area contributed by atoms with E-state index in [9.17, 15) is 13.6 Å². The molecule has 0 unspecified atom stereocenters. The molecule has 0 bridgehead atoms. The zero-order valence-corrected chi connectivity index (χ0v) is 6.33.